The molecule has 2 heterocycles. The Balaban J connectivity index is 1.76. The van der Waals surface area contributed by atoms with Crippen molar-refractivity contribution in [1.29, 1.82) is 0 Å². The first-order chi connectivity index (χ1) is 11.7. The molecule has 3 aromatic rings. The summed E-state index contributed by atoms with van der Waals surface area (Å²) in [6.07, 6.45) is 1.71. The summed E-state index contributed by atoms with van der Waals surface area (Å²) in [5.41, 5.74) is 4.10. The third kappa shape index (κ3) is 3.59. The summed E-state index contributed by atoms with van der Waals surface area (Å²) in [7, 11) is 0. The van der Waals surface area contributed by atoms with E-state index >= 15 is 0 Å². The van der Waals surface area contributed by atoms with Gasteiger partial charge >= 0.3 is 0 Å². The standard InChI is InChI=1S/C18H21N5S/c1-4-14-15(5-2)22-23-18(21-14)19-12(3)17-20-16(11-24-17)13-9-7-6-8-10-13/h6-12H,4-5H2,1-3H3,(H,19,21,23). The molecule has 0 saturated heterocycles. The van der Waals surface area contributed by atoms with E-state index in [0.29, 0.717) is 5.95 Å². The van der Waals surface area contributed by atoms with E-state index in [1.165, 1.54) is 0 Å². The number of hydrogen-bond donors (Lipinski definition) is 1. The zero-order chi connectivity index (χ0) is 16.9. The monoisotopic (exact) mass is 339 g/mol. The van der Waals surface area contributed by atoms with Gasteiger partial charge in [0.05, 0.1) is 23.1 Å². The van der Waals surface area contributed by atoms with Crippen LogP contribution in [0, 0.1) is 0 Å². The van der Waals surface area contributed by atoms with Crippen LogP contribution in [0.2, 0.25) is 0 Å². The van der Waals surface area contributed by atoms with E-state index in [4.69, 9.17) is 4.98 Å². The topological polar surface area (TPSA) is 63.6 Å². The maximum Gasteiger partial charge on any atom is 0.243 e. The molecule has 0 aliphatic heterocycles. The van der Waals surface area contributed by atoms with Crippen LogP contribution in [0.3, 0.4) is 0 Å². The van der Waals surface area contributed by atoms with Crippen LogP contribution in [-0.4, -0.2) is 20.2 Å². The highest BCUT2D eigenvalue weighted by molar-refractivity contribution is 7.10. The molecule has 0 saturated carbocycles. The van der Waals surface area contributed by atoms with Gasteiger partial charge in [-0.25, -0.2) is 9.97 Å². The molecule has 0 fully saturated rings. The number of hydrogen-bond acceptors (Lipinski definition) is 6. The number of nitrogens with zero attached hydrogens (tertiary/aromatic N) is 4. The Morgan fingerprint density at radius 3 is 2.46 bits per heavy atom. The first-order valence-corrected chi connectivity index (χ1v) is 9.09. The minimum absolute atomic E-state index is 0.0337. The second kappa shape index (κ2) is 7.49. The van der Waals surface area contributed by atoms with Crippen LogP contribution >= 0.6 is 11.3 Å². The molecule has 2 aromatic heterocycles. The fourth-order valence-electron chi connectivity index (χ4n) is 2.48. The molecule has 1 N–H and O–H groups in total. The third-order valence-corrected chi connectivity index (χ3v) is 4.84. The van der Waals surface area contributed by atoms with Gasteiger partial charge in [0, 0.05) is 10.9 Å². The van der Waals surface area contributed by atoms with Crippen LogP contribution in [0.5, 0.6) is 0 Å². The highest BCUT2D eigenvalue weighted by Gasteiger charge is 2.14. The molecule has 0 amide bonds. The Bertz CT molecular complexity index is 800. The lowest BCUT2D eigenvalue weighted by atomic mass is 10.2. The molecule has 0 bridgehead atoms. The van der Waals surface area contributed by atoms with Crippen LogP contribution in [0.15, 0.2) is 35.7 Å². The van der Waals surface area contributed by atoms with Gasteiger partial charge in [-0.05, 0) is 19.8 Å². The van der Waals surface area contributed by atoms with Gasteiger partial charge in [-0.1, -0.05) is 44.2 Å². The minimum atomic E-state index is 0.0337. The van der Waals surface area contributed by atoms with E-state index in [-0.39, 0.29) is 6.04 Å². The largest absolute Gasteiger partial charge is 0.344 e. The van der Waals surface area contributed by atoms with Gasteiger partial charge in [0.25, 0.3) is 0 Å². The number of nitrogens with one attached hydrogen (secondary N) is 1. The normalized spacial score (nSPS) is 12.1. The number of rotatable bonds is 6. The molecule has 5 nitrogen and oxygen atoms in total. The molecule has 24 heavy (non-hydrogen) atoms. The van der Waals surface area contributed by atoms with Gasteiger partial charge in [0.15, 0.2) is 0 Å². The lowest BCUT2D eigenvalue weighted by Crippen LogP contribution is -2.12. The minimum Gasteiger partial charge on any atom is -0.344 e. The zero-order valence-electron chi connectivity index (χ0n) is 14.2. The first-order valence-electron chi connectivity index (χ1n) is 8.21. The molecule has 1 atom stereocenters. The van der Waals surface area contributed by atoms with Crippen molar-refractivity contribution in [2.45, 2.75) is 39.7 Å². The van der Waals surface area contributed by atoms with E-state index in [2.05, 4.69) is 58.8 Å². The highest BCUT2D eigenvalue weighted by atomic mass is 32.1. The van der Waals surface area contributed by atoms with Gasteiger partial charge < -0.3 is 5.32 Å². The van der Waals surface area contributed by atoms with Crippen molar-refractivity contribution in [1.82, 2.24) is 20.2 Å². The maximum absolute atomic E-state index is 4.73. The summed E-state index contributed by atoms with van der Waals surface area (Å²) < 4.78 is 0. The predicted octanol–water partition coefficient (Wildman–Crippen LogP) is 4.29. The van der Waals surface area contributed by atoms with E-state index in [9.17, 15) is 0 Å². The lowest BCUT2D eigenvalue weighted by molar-refractivity contribution is 0.787. The van der Waals surface area contributed by atoms with Gasteiger partial charge in [-0.3, -0.25) is 0 Å². The molecule has 1 aromatic carbocycles. The fourth-order valence-corrected chi connectivity index (χ4v) is 3.32. The highest BCUT2D eigenvalue weighted by Crippen LogP contribution is 2.26. The summed E-state index contributed by atoms with van der Waals surface area (Å²) >= 11 is 1.64. The predicted molar refractivity (Wildman–Crippen MR) is 98.2 cm³/mol. The van der Waals surface area contributed by atoms with E-state index < -0.39 is 0 Å². The lowest BCUT2D eigenvalue weighted by Gasteiger charge is -2.12. The van der Waals surface area contributed by atoms with Crippen LogP contribution in [0.1, 0.15) is 43.2 Å². The second-order valence-corrected chi connectivity index (χ2v) is 6.43. The Hall–Kier alpha value is -2.34. The van der Waals surface area contributed by atoms with Crippen molar-refractivity contribution in [3.63, 3.8) is 0 Å². The third-order valence-electron chi connectivity index (χ3n) is 3.82. The molecule has 124 valence electrons. The maximum atomic E-state index is 4.73. The van der Waals surface area contributed by atoms with Gasteiger partial charge in [-0.2, -0.15) is 5.10 Å². The Kier molecular flexibility index (Phi) is 5.15. The SMILES string of the molecule is CCc1nnc(NC(C)c2nc(-c3ccccc3)cs2)nc1CC. The average Bonchev–Trinajstić information content (AvgIpc) is 3.12. The molecule has 0 aliphatic rings. The summed E-state index contributed by atoms with van der Waals surface area (Å²) in [5, 5.41) is 14.9. The van der Waals surface area contributed by atoms with E-state index in [0.717, 1.165) is 40.5 Å². The molecule has 3 rings (SSSR count). The van der Waals surface area contributed by atoms with Crippen molar-refractivity contribution in [2.24, 2.45) is 0 Å². The Morgan fingerprint density at radius 1 is 1.00 bits per heavy atom. The Labute approximate surface area is 146 Å². The number of aromatic nitrogens is 4. The number of aryl methyl sites for hydroxylation is 2. The first kappa shape index (κ1) is 16.5. The molecule has 0 radical (unpaired) electrons. The molecule has 0 aliphatic carbocycles. The van der Waals surface area contributed by atoms with Crippen molar-refractivity contribution in [2.75, 3.05) is 5.32 Å². The number of anilines is 1. The van der Waals surface area contributed by atoms with Crippen LogP contribution in [0.25, 0.3) is 11.3 Å². The van der Waals surface area contributed by atoms with Crippen LogP contribution < -0.4 is 5.32 Å². The van der Waals surface area contributed by atoms with Crippen LogP contribution in [-0.2, 0) is 12.8 Å². The van der Waals surface area contributed by atoms with Crippen LogP contribution in [0.4, 0.5) is 5.95 Å². The summed E-state index contributed by atoms with van der Waals surface area (Å²) in [6, 6.07) is 10.2. The Morgan fingerprint density at radius 2 is 1.75 bits per heavy atom. The number of benzene rings is 1. The zero-order valence-corrected chi connectivity index (χ0v) is 15.0. The van der Waals surface area contributed by atoms with Gasteiger partial charge in [0.1, 0.15) is 5.01 Å². The smallest absolute Gasteiger partial charge is 0.243 e. The van der Waals surface area contributed by atoms with E-state index in [1.54, 1.807) is 11.3 Å². The summed E-state index contributed by atoms with van der Waals surface area (Å²) in [6.45, 7) is 6.22. The van der Waals surface area contributed by atoms with Crippen molar-refractivity contribution in [3.05, 3.63) is 52.1 Å². The van der Waals surface area contributed by atoms with Crippen molar-refractivity contribution >= 4 is 17.3 Å². The molecule has 0 spiro atoms. The van der Waals surface area contributed by atoms with Crippen molar-refractivity contribution < 1.29 is 0 Å². The molecular formula is C18H21N5S. The van der Waals surface area contributed by atoms with Gasteiger partial charge in [-0.15, -0.1) is 16.4 Å². The summed E-state index contributed by atoms with van der Waals surface area (Å²) in [5.74, 6) is 0.563. The molecule has 6 heteroatoms. The number of thiazole rings is 1. The average molecular weight is 339 g/mol. The molecule has 1 unspecified atom stereocenters. The quantitative estimate of drug-likeness (QED) is 0.725. The van der Waals surface area contributed by atoms with E-state index in [1.807, 2.05) is 18.2 Å². The second-order valence-electron chi connectivity index (χ2n) is 5.54. The van der Waals surface area contributed by atoms with Crippen molar-refractivity contribution in [3.8, 4) is 11.3 Å². The summed E-state index contributed by atoms with van der Waals surface area (Å²) in [4.78, 5) is 9.32. The molecular weight excluding hydrogens is 318 g/mol. The fraction of sp³-hybridized carbons (Fsp3) is 0.333. The van der Waals surface area contributed by atoms with Gasteiger partial charge in [0.2, 0.25) is 5.95 Å².